The third-order valence-electron chi connectivity index (χ3n) is 1.57. The fourth-order valence-corrected chi connectivity index (χ4v) is 2.50. The minimum absolute atomic E-state index is 0. The average Bonchev–Trinajstić information content (AvgIpc) is 2.46. The molecule has 16 heavy (non-hydrogen) atoms. The molecule has 2 aliphatic heterocycles. The van der Waals surface area contributed by atoms with E-state index in [1.165, 1.54) is 0 Å². The molecule has 8 nitrogen and oxygen atoms in total. The Labute approximate surface area is 117 Å². The van der Waals surface area contributed by atoms with Gasteiger partial charge in [-0.25, -0.2) is 8.42 Å². The first-order chi connectivity index (χ1) is 6.88. The predicted molar refractivity (Wildman–Crippen MR) is 54.9 cm³/mol. The third-order valence-corrected chi connectivity index (χ3v) is 3.72. The van der Waals surface area contributed by atoms with Crippen molar-refractivity contribution in [3.05, 3.63) is 5.14 Å². The molecule has 2 heterocycles. The van der Waals surface area contributed by atoms with Gasteiger partial charge in [0.2, 0.25) is 5.17 Å². The van der Waals surface area contributed by atoms with Gasteiger partial charge in [-0.15, -0.1) is 5.10 Å². The van der Waals surface area contributed by atoms with Crippen LogP contribution in [0.15, 0.2) is 10.1 Å². The summed E-state index contributed by atoms with van der Waals surface area (Å²) in [4.78, 5) is 14.5. The number of carbonyl (C=O) groups is 1. The molecule has 2 rings (SSSR count). The molecule has 1 amide bonds. The summed E-state index contributed by atoms with van der Waals surface area (Å²) in [7, 11) is -4.17. The number of amides is 1. The number of hydrogen-bond acceptors (Lipinski definition) is 6. The van der Waals surface area contributed by atoms with E-state index in [4.69, 9.17) is 10.5 Å². The number of hydrogen-bond donors (Lipinski definition) is 1. The number of hydrazone groups is 1. The third kappa shape index (κ3) is 2.52. The maximum Gasteiger partial charge on any atom is 1.00 e. The molecule has 0 saturated carbocycles. The van der Waals surface area contributed by atoms with Gasteiger partial charge in [0, 0.05) is 0 Å². The molecule has 0 atom stereocenters. The zero-order valence-corrected chi connectivity index (χ0v) is 11.7. The smallest absolute Gasteiger partial charge is 0.558 e. The Bertz CT molecular complexity index is 524. The zero-order chi connectivity index (χ0) is 11.2. The molecule has 11 heteroatoms. The van der Waals surface area contributed by atoms with Crippen LogP contribution in [0.25, 0.3) is 5.14 Å². The maximum absolute atomic E-state index is 11.0. The molecule has 0 aromatic rings. The van der Waals surface area contributed by atoms with E-state index in [0.717, 1.165) is 5.01 Å². The van der Waals surface area contributed by atoms with Gasteiger partial charge in [-0.3, -0.25) is 10.2 Å². The van der Waals surface area contributed by atoms with Crippen LogP contribution < -0.4 is 29.6 Å². The summed E-state index contributed by atoms with van der Waals surface area (Å²) in [5.41, 5.74) is 0. The van der Waals surface area contributed by atoms with Gasteiger partial charge in [-0.1, -0.05) is 0 Å². The molecule has 0 aromatic heterocycles. The maximum atomic E-state index is 11.0. The van der Waals surface area contributed by atoms with Crippen molar-refractivity contribution in [2.45, 2.75) is 6.42 Å². The number of fused-ring (bicyclic) bond motifs is 1. The monoisotopic (exact) mass is 269 g/mol. The molecular formula is C5H4N5NaO3S2. The molecule has 0 unspecified atom stereocenters. The number of nitrogens with zero attached hydrogens (tertiary/aromatic N) is 3. The van der Waals surface area contributed by atoms with Crippen molar-refractivity contribution in [1.82, 2.24) is 5.01 Å². The average molecular weight is 269 g/mol. The fourth-order valence-electron chi connectivity index (χ4n) is 0.985. The van der Waals surface area contributed by atoms with Crippen molar-refractivity contribution < 1.29 is 42.8 Å². The van der Waals surface area contributed by atoms with E-state index < -0.39 is 20.3 Å². The van der Waals surface area contributed by atoms with Crippen LogP contribution in [0, 0.1) is 5.41 Å². The van der Waals surface area contributed by atoms with Gasteiger partial charge in [0.05, 0.1) is 6.42 Å². The van der Waals surface area contributed by atoms with Crippen molar-refractivity contribution >= 4 is 43.1 Å². The van der Waals surface area contributed by atoms with Crippen LogP contribution in [0.1, 0.15) is 6.42 Å². The van der Waals surface area contributed by atoms with Gasteiger partial charge in [0.15, 0.2) is 4.38 Å². The molecular weight excluding hydrogens is 265 g/mol. The number of carbonyl (C=O) groups excluding carboxylic acids is 1. The number of nitrogens with one attached hydrogen (secondary N) is 2. The summed E-state index contributed by atoms with van der Waals surface area (Å²) in [5.74, 6) is -0.659. The Morgan fingerprint density at radius 1 is 1.50 bits per heavy atom. The minimum atomic E-state index is -4.17. The summed E-state index contributed by atoms with van der Waals surface area (Å²) in [5, 5.41) is 18.7. The Morgan fingerprint density at radius 2 is 2.12 bits per heavy atom. The Balaban J connectivity index is 0.00000128. The number of aliphatic imine (C=N–C) groups is 1. The number of sulfonamides is 1. The molecule has 0 bridgehead atoms. The van der Waals surface area contributed by atoms with E-state index >= 15 is 0 Å². The largest absolute Gasteiger partial charge is 1.00 e. The van der Waals surface area contributed by atoms with E-state index in [2.05, 4.69) is 10.1 Å². The summed E-state index contributed by atoms with van der Waals surface area (Å²) in [6.07, 6.45) is -0.209. The van der Waals surface area contributed by atoms with Crippen LogP contribution >= 0.6 is 11.8 Å². The quantitative estimate of drug-likeness (QED) is 0.467. The second kappa shape index (κ2) is 4.55. The Hall–Kier alpha value is -0.260. The summed E-state index contributed by atoms with van der Waals surface area (Å²) in [6, 6.07) is 0. The summed E-state index contributed by atoms with van der Waals surface area (Å²) in [6.45, 7) is 0. The molecule has 0 fully saturated rings. The van der Waals surface area contributed by atoms with E-state index in [9.17, 15) is 13.2 Å². The Morgan fingerprint density at radius 3 is 2.69 bits per heavy atom. The van der Waals surface area contributed by atoms with Crippen LogP contribution in [0.4, 0.5) is 0 Å². The van der Waals surface area contributed by atoms with Crippen molar-refractivity contribution in [2.75, 3.05) is 0 Å². The minimum Gasteiger partial charge on any atom is -0.558 e. The molecule has 0 spiro atoms. The van der Waals surface area contributed by atoms with E-state index in [-0.39, 0.29) is 47.0 Å². The number of rotatable bonds is 0. The van der Waals surface area contributed by atoms with Gasteiger partial charge >= 0.3 is 29.6 Å². The van der Waals surface area contributed by atoms with Gasteiger partial charge in [-0.2, -0.15) is 10.0 Å². The zero-order valence-electron chi connectivity index (χ0n) is 8.09. The second-order valence-electron chi connectivity index (χ2n) is 2.69. The van der Waals surface area contributed by atoms with E-state index in [0.29, 0.717) is 11.8 Å². The second-order valence-corrected chi connectivity index (χ2v) is 5.30. The van der Waals surface area contributed by atoms with Gasteiger partial charge in [0.25, 0.3) is 5.91 Å². The van der Waals surface area contributed by atoms with Crippen molar-refractivity contribution in [3.63, 3.8) is 0 Å². The number of thioether (sulfide) groups is 1. The standard InChI is InChI=1S/C5H4N5O3S2.Na/c6-2-1-3(11)8-4-10(2)9-5(14-4)15(7,12)13;/h6H,1H2,(H-,7,12,13);/q-1;+1. The fraction of sp³-hybridized carbons (Fsp3) is 0.200. The van der Waals surface area contributed by atoms with Crippen LogP contribution in [-0.4, -0.2) is 34.7 Å². The summed E-state index contributed by atoms with van der Waals surface area (Å²) >= 11 is 0.598. The summed E-state index contributed by atoms with van der Waals surface area (Å²) < 4.78 is 21.2. The SMILES string of the molecule is N=C1CC(=O)N=C2SC(S([NH-])(=O)=O)=NN12.[Na+]. The molecule has 0 radical (unpaired) electrons. The van der Waals surface area contributed by atoms with Crippen LogP contribution in [-0.2, 0) is 14.8 Å². The van der Waals surface area contributed by atoms with Crippen LogP contribution in [0.2, 0.25) is 0 Å². The van der Waals surface area contributed by atoms with Gasteiger partial charge in [-0.05, 0) is 11.8 Å². The van der Waals surface area contributed by atoms with Crippen LogP contribution in [0.5, 0.6) is 0 Å². The number of amidine groups is 2. The molecule has 0 saturated heterocycles. The molecule has 0 aliphatic carbocycles. The first-order valence-corrected chi connectivity index (χ1v) is 5.93. The molecule has 0 aromatic carbocycles. The van der Waals surface area contributed by atoms with E-state index in [1.54, 1.807) is 0 Å². The van der Waals surface area contributed by atoms with Crippen molar-refractivity contribution in [2.24, 2.45) is 10.1 Å². The van der Waals surface area contributed by atoms with Crippen molar-refractivity contribution in [1.29, 1.82) is 5.41 Å². The molecule has 80 valence electrons. The van der Waals surface area contributed by atoms with E-state index in [1.807, 2.05) is 0 Å². The van der Waals surface area contributed by atoms with Gasteiger partial charge in [0.1, 0.15) is 15.9 Å². The first kappa shape index (κ1) is 13.8. The topological polar surface area (TPSA) is 127 Å². The van der Waals surface area contributed by atoms with Crippen LogP contribution in [0.3, 0.4) is 0 Å². The van der Waals surface area contributed by atoms with Gasteiger partial charge < -0.3 is 5.14 Å². The van der Waals surface area contributed by atoms with Crippen molar-refractivity contribution in [3.8, 4) is 0 Å². The molecule has 2 aliphatic rings. The molecule has 2 N–H and O–H groups in total. The Kier molecular flexibility index (Phi) is 3.92. The first-order valence-electron chi connectivity index (χ1n) is 3.63. The predicted octanol–water partition coefficient (Wildman–Crippen LogP) is -3.04. The normalized spacial score (nSPS) is 19.9.